The summed E-state index contributed by atoms with van der Waals surface area (Å²) in [7, 11) is 0. The molecule has 0 bridgehead atoms. The lowest BCUT2D eigenvalue weighted by molar-refractivity contribution is 0.493. The monoisotopic (exact) mass is 292 g/mol. The average Bonchev–Trinajstić information content (AvgIpc) is 2.45. The molecule has 0 amide bonds. The summed E-state index contributed by atoms with van der Waals surface area (Å²) in [5.41, 5.74) is 1.33. The van der Waals surface area contributed by atoms with E-state index in [1.807, 2.05) is 0 Å². The van der Waals surface area contributed by atoms with Crippen LogP contribution in [0.3, 0.4) is 0 Å². The van der Waals surface area contributed by atoms with Crippen LogP contribution in [-0.2, 0) is 0 Å². The summed E-state index contributed by atoms with van der Waals surface area (Å²) in [6.07, 6.45) is 22.5. The molecule has 0 saturated carbocycles. The first-order chi connectivity index (χ1) is 10.2. The van der Waals surface area contributed by atoms with Gasteiger partial charge in [-0.2, -0.15) is 0 Å². The number of rotatable bonds is 15. The van der Waals surface area contributed by atoms with E-state index in [2.05, 4.69) is 39.5 Å². The van der Waals surface area contributed by atoms with Crippen molar-refractivity contribution in [2.45, 2.75) is 104 Å². The minimum atomic E-state index is 0.875. The summed E-state index contributed by atoms with van der Waals surface area (Å²) >= 11 is 0. The number of hydrogen-bond donors (Lipinski definition) is 0. The molecular weight excluding hydrogens is 252 g/mol. The second kappa shape index (κ2) is 15.9. The van der Waals surface area contributed by atoms with Crippen LogP contribution in [0.15, 0.2) is 24.3 Å². The number of unbranched alkanes of at least 4 members (excludes halogenated alkanes) is 8. The first-order valence-electron chi connectivity index (χ1n) is 9.46. The third-order valence-corrected chi connectivity index (χ3v) is 4.23. The smallest absolute Gasteiger partial charge is 0.0325 e. The van der Waals surface area contributed by atoms with Crippen LogP contribution in [0, 0.1) is 5.92 Å². The van der Waals surface area contributed by atoms with Gasteiger partial charge >= 0.3 is 0 Å². The zero-order valence-corrected chi connectivity index (χ0v) is 15.1. The molecule has 0 fully saturated rings. The van der Waals surface area contributed by atoms with E-state index in [0.29, 0.717) is 0 Å². The predicted octanol–water partition coefficient (Wildman–Crippen LogP) is 7.85. The molecule has 0 aromatic carbocycles. The van der Waals surface area contributed by atoms with Gasteiger partial charge in [-0.1, -0.05) is 82.9 Å². The molecule has 0 radical (unpaired) electrons. The maximum atomic E-state index is 3.96. The van der Waals surface area contributed by atoms with Crippen molar-refractivity contribution in [1.29, 1.82) is 0 Å². The molecule has 0 rings (SSSR count). The summed E-state index contributed by atoms with van der Waals surface area (Å²) in [6, 6.07) is 0. The SMILES string of the molecule is C=C(C)CCCCCCCC=CCC(C)CCCCCC. The van der Waals surface area contributed by atoms with Gasteiger partial charge in [-0.15, -0.1) is 6.58 Å². The highest BCUT2D eigenvalue weighted by molar-refractivity contribution is 4.87. The highest BCUT2D eigenvalue weighted by Gasteiger charge is 1.98. The Morgan fingerprint density at radius 1 is 0.905 bits per heavy atom. The predicted molar refractivity (Wildman–Crippen MR) is 98.8 cm³/mol. The lowest BCUT2D eigenvalue weighted by atomic mass is 9.99. The molecule has 0 aliphatic carbocycles. The molecule has 1 unspecified atom stereocenters. The number of allylic oxidation sites excluding steroid dienone is 3. The van der Waals surface area contributed by atoms with E-state index in [-0.39, 0.29) is 0 Å². The van der Waals surface area contributed by atoms with E-state index in [1.54, 1.807) is 0 Å². The van der Waals surface area contributed by atoms with E-state index in [9.17, 15) is 0 Å². The average molecular weight is 293 g/mol. The van der Waals surface area contributed by atoms with Crippen molar-refractivity contribution in [1.82, 2.24) is 0 Å². The lowest BCUT2D eigenvalue weighted by Gasteiger charge is -2.07. The van der Waals surface area contributed by atoms with Gasteiger partial charge in [0.25, 0.3) is 0 Å². The third-order valence-electron chi connectivity index (χ3n) is 4.23. The zero-order chi connectivity index (χ0) is 15.8. The number of hydrogen-bond acceptors (Lipinski definition) is 0. The standard InChI is InChI=1S/C21H40/c1-5-6-7-15-18-21(4)19-16-13-11-9-8-10-12-14-17-20(2)3/h13,16,21H,2,5-12,14-15,17-19H2,1,3-4H3. The Balaban J connectivity index is 3.26. The Kier molecular flexibility index (Phi) is 15.5. The van der Waals surface area contributed by atoms with Crippen molar-refractivity contribution in [2.24, 2.45) is 5.92 Å². The molecule has 124 valence electrons. The van der Waals surface area contributed by atoms with Crippen molar-refractivity contribution >= 4 is 0 Å². The second-order valence-electron chi connectivity index (χ2n) is 6.93. The first-order valence-corrected chi connectivity index (χ1v) is 9.46. The quantitative estimate of drug-likeness (QED) is 0.213. The van der Waals surface area contributed by atoms with E-state index < -0.39 is 0 Å². The van der Waals surface area contributed by atoms with Gasteiger partial charge in [0.2, 0.25) is 0 Å². The van der Waals surface area contributed by atoms with Crippen LogP contribution >= 0.6 is 0 Å². The largest absolute Gasteiger partial charge is 0.100 e. The normalized spacial score (nSPS) is 12.9. The van der Waals surface area contributed by atoms with Crippen molar-refractivity contribution in [3.05, 3.63) is 24.3 Å². The van der Waals surface area contributed by atoms with Crippen LogP contribution in [0.1, 0.15) is 104 Å². The molecular formula is C21H40. The van der Waals surface area contributed by atoms with E-state index in [1.165, 1.54) is 89.0 Å². The molecule has 0 heterocycles. The molecule has 0 aromatic rings. The molecule has 0 spiro atoms. The Bertz CT molecular complexity index is 249. The molecule has 0 nitrogen and oxygen atoms in total. The Labute approximate surface area is 135 Å². The minimum absolute atomic E-state index is 0.875. The lowest BCUT2D eigenvalue weighted by Crippen LogP contribution is -1.92. The maximum Gasteiger partial charge on any atom is -0.0325 e. The van der Waals surface area contributed by atoms with Gasteiger partial charge in [0.05, 0.1) is 0 Å². The van der Waals surface area contributed by atoms with Gasteiger partial charge in [-0.05, 0) is 44.9 Å². The van der Waals surface area contributed by atoms with E-state index in [0.717, 1.165) is 5.92 Å². The van der Waals surface area contributed by atoms with Crippen LogP contribution in [0.4, 0.5) is 0 Å². The summed E-state index contributed by atoms with van der Waals surface area (Å²) in [5, 5.41) is 0. The maximum absolute atomic E-state index is 3.96. The Hall–Kier alpha value is -0.520. The van der Waals surface area contributed by atoms with Gasteiger partial charge in [0.15, 0.2) is 0 Å². The van der Waals surface area contributed by atoms with Crippen LogP contribution in [0.5, 0.6) is 0 Å². The molecule has 0 heteroatoms. The first kappa shape index (κ1) is 20.5. The van der Waals surface area contributed by atoms with Gasteiger partial charge in [0, 0.05) is 0 Å². The second-order valence-corrected chi connectivity index (χ2v) is 6.93. The molecule has 1 atom stereocenters. The van der Waals surface area contributed by atoms with E-state index >= 15 is 0 Å². The molecule has 0 aliphatic heterocycles. The van der Waals surface area contributed by atoms with Crippen molar-refractivity contribution in [2.75, 3.05) is 0 Å². The molecule has 0 N–H and O–H groups in total. The highest BCUT2D eigenvalue weighted by Crippen LogP contribution is 2.15. The zero-order valence-electron chi connectivity index (χ0n) is 15.1. The van der Waals surface area contributed by atoms with Gasteiger partial charge in [-0.3, -0.25) is 0 Å². The molecule has 0 saturated heterocycles. The third kappa shape index (κ3) is 17.4. The van der Waals surface area contributed by atoms with Crippen LogP contribution in [-0.4, -0.2) is 0 Å². The van der Waals surface area contributed by atoms with Crippen molar-refractivity contribution < 1.29 is 0 Å². The van der Waals surface area contributed by atoms with E-state index in [4.69, 9.17) is 0 Å². The fourth-order valence-corrected chi connectivity index (χ4v) is 2.70. The van der Waals surface area contributed by atoms with Crippen LogP contribution in [0.25, 0.3) is 0 Å². The Morgan fingerprint density at radius 2 is 1.57 bits per heavy atom. The highest BCUT2D eigenvalue weighted by atomic mass is 14.0. The summed E-state index contributed by atoms with van der Waals surface area (Å²) < 4.78 is 0. The summed E-state index contributed by atoms with van der Waals surface area (Å²) in [5.74, 6) is 0.875. The van der Waals surface area contributed by atoms with Gasteiger partial charge < -0.3 is 0 Å². The van der Waals surface area contributed by atoms with Crippen molar-refractivity contribution in [3.8, 4) is 0 Å². The van der Waals surface area contributed by atoms with Crippen molar-refractivity contribution in [3.63, 3.8) is 0 Å². The topological polar surface area (TPSA) is 0 Å². The fourth-order valence-electron chi connectivity index (χ4n) is 2.70. The van der Waals surface area contributed by atoms with Gasteiger partial charge in [-0.25, -0.2) is 0 Å². The van der Waals surface area contributed by atoms with Crippen LogP contribution in [0.2, 0.25) is 0 Å². The fraction of sp³-hybridized carbons (Fsp3) is 0.810. The van der Waals surface area contributed by atoms with Gasteiger partial charge in [0.1, 0.15) is 0 Å². The summed E-state index contributed by atoms with van der Waals surface area (Å²) in [4.78, 5) is 0. The summed E-state index contributed by atoms with van der Waals surface area (Å²) in [6.45, 7) is 10.8. The Morgan fingerprint density at radius 3 is 2.29 bits per heavy atom. The molecule has 0 aromatic heterocycles. The van der Waals surface area contributed by atoms with Crippen LogP contribution < -0.4 is 0 Å². The minimum Gasteiger partial charge on any atom is -0.100 e. The molecule has 21 heavy (non-hydrogen) atoms. The molecule has 0 aliphatic rings.